The molecule has 0 radical (unpaired) electrons. The summed E-state index contributed by atoms with van der Waals surface area (Å²) < 4.78 is 5.94. The molecule has 0 bridgehead atoms. The van der Waals surface area contributed by atoms with Gasteiger partial charge in [-0.2, -0.15) is 0 Å². The first-order valence-corrected chi connectivity index (χ1v) is 9.37. The smallest absolute Gasteiger partial charge is 0.225 e. The van der Waals surface area contributed by atoms with Crippen molar-refractivity contribution in [3.8, 4) is 5.75 Å². The Morgan fingerprint density at radius 1 is 1.15 bits per heavy atom. The zero-order valence-corrected chi connectivity index (χ0v) is 17.1. The van der Waals surface area contributed by atoms with Crippen LogP contribution in [0.3, 0.4) is 0 Å². The molecule has 0 atom stereocenters. The molecule has 0 aliphatic heterocycles. The molecule has 150 valence electrons. The third-order valence-corrected chi connectivity index (χ3v) is 4.59. The standard InChI is InChI=1S/C19H31N3O2.2ClH/c20-13-7-2-1-6-12-18(23)22-19-17(11-8-14-21-19)24-15-16-9-4-3-5-10-16;;/h8,11,14,16H,1-7,9-10,12-13,15,20H2,(H,21,22,23);2*1H. The number of anilines is 1. The van der Waals surface area contributed by atoms with Crippen LogP contribution in [0.4, 0.5) is 5.82 Å². The minimum atomic E-state index is 0. The van der Waals surface area contributed by atoms with Gasteiger partial charge < -0.3 is 15.8 Å². The van der Waals surface area contributed by atoms with Crippen molar-refractivity contribution in [2.45, 2.75) is 64.2 Å². The lowest BCUT2D eigenvalue weighted by Gasteiger charge is -2.22. The summed E-state index contributed by atoms with van der Waals surface area (Å²) in [5, 5.41) is 2.89. The fourth-order valence-corrected chi connectivity index (χ4v) is 3.14. The maximum atomic E-state index is 12.1. The van der Waals surface area contributed by atoms with Gasteiger partial charge in [-0.25, -0.2) is 4.98 Å². The lowest BCUT2D eigenvalue weighted by molar-refractivity contribution is -0.116. The summed E-state index contributed by atoms with van der Waals surface area (Å²) in [6.45, 7) is 1.44. The third-order valence-electron chi connectivity index (χ3n) is 4.59. The minimum Gasteiger partial charge on any atom is -0.489 e. The van der Waals surface area contributed by atoms with Crippen molar-refractivity contribution in [2.75, 3.05) is 18.5 Å². The van der Waals surface area contributed by atoms with Gasteiger partial charge in [0.05, 0.1) is 6.61 Å². The van der Waals surface area contributed by atoms with E-state index in [4.69, 9.17) is 10.5 Å². The minimum absolute atomic E-state index is 0. The molecule has 7 heteroatoms. The fourth-order valence-electron chi connectivity index (χ4n) is 3.14. The average Bonchev–Trinajstić information content (AvgIpc) is 2.62. The number of hydrogen-bond acceptors (Lipinski definition) is 4. The van der Waals surface area contributed by atoms with E-state index in [-0.39, 0.29) is 30.7 Å². The van der Waals surface area contributed by atoms with Gasteiger partial charge in [-0.05, 0) is 50.3 Å². The van der Waals surface area contributed by atoms with Crippen LogP contribution in [0.2, 0.25) is 0 Å². The van der Waals surface area contributed by atoms with Crippen LogP contribution in [0.15, 0.2) is 18.3 Å². The number of carbonyl (C=O) groups excluding carboxylic acids is 1. The average molecular weight is 406 g/mol. The molecule has 5 nitrogen and oxygen atoms in total. The van der Waals surface area contributed by atoms with Crippen LogP contribution in [-0.4, -0.2) is 24.0 Å². The second-order valence-corrected chi connectivity index (χ2v) is 6.67. The van der Waals surface area contributed by atoms with Crippen LogP contribution in [-0.2, 0) is 4.79 Å². The third kappa shape index (κ3) is 9.60. The highest BCUT2D eigenvalue weighted by Gasteiger charge is 2.15. The number of rotatable bonds is 10. The molecule has 0 unspecified atom stereocenters. The van der Waals surface area contributed by atoms with Crippen LogP contribution in [0.1, 0.15) is 64.2 Å². The Morgan fingerprint density at radius 3 is 2.62 bits per heavy atom. The van der Waals surface area contributed by atoms with Crippen LogP contribution in [0.5, 0.6) is 5.75 Å². The number of unbranched alkanes of at least 4 members (excludes halogenated alkanes) is 3. The van der Waals surface area contributed by atoms with E-state index in [1.54, 1.807) is 6.20 Å². The second-order valence-electron chi connectivity index (χ2n) is 6.67. The second kappa shape index (κ2) is 15.1. The van der Waals surface area contributed by atoms with E-state index in [0.29, 0.717) is 30.5 Å². The van der Waals surface area contributed by atoms with Crippen molar-refractivity contribution in [3.63, 3.8) is 0 Å². The molecule has 0 aromatic carbocycles. The van der Waals surface area contributed by atoms with Crippen LogP contribution < -0.4 is 15.8 Å². The Kier molecular flexibility index (Phi) is 14.5. The van der Waals surface area contributed by atoms with E-state index in [1.807, 2.05) is 12.1 Å². The van der Waals surface area contributed by atoms with Crippen LogP contribution in [0.25, 0.3) is 0 Å². The van der Waals surface area contributed by atoms with Crippen molar-refractivity contribution < 1.29 is 9.53 Å². The van der Waals surface area contributed by atoms with Crippen molar-refractivity contribution in [1.29, 1.82) is 0 Å². The summed E-state index contributed by atoms with van der Waals surface area (Å²) in [6.07, 6.45) is 12.7. The predicted octanol–water partition coefficient (Wildman–Crippen LogP) is 4.73. The van der Waals surface area contributed by atoms with Gasteiger partial charge in [0, 0.05) is 12.6 Å². The number of nitrogens with one attached hydrogen (secondary N) is 1. The lowest BCUT2D eigenvalue weighted by Crippen LogP contribution is -2.17. The molecule has 1 aliphatic carbocycles. The van der Waals surface area contributed by atoms with E-state index in [2.05, 4.69) is 10.3 Å². The molecule has 3 N–H and O–H groups in total. The van der Waals surface area contributed by atoms with Crippen LogP contribution >= 0.6 is 24.8 Å². The largest absolute Gasteiger partial charge is 0.489 e. The van der Waals surface area contributed by atoms with Gasteiger partial charge in [-0.15, -0.1) is 24.8 Å². The zero-order chi connectivity index (χ0) is 17.0. The number of aromatic nitrogens is 1. The molecule has 2 rings (SSSR count). The van der Waals surface area contributed by atoms with Gasteiger partial charge >= 0.3 is 0 Å². The van der Waals surface area contributed by atoms with E-state index in [0.717, 1.165) is 32.2 Å². The number of amides is 1. The molecule has 0 spiro atoms. The molecular formula is C19H33Cl2N3O2. The lowest BCUT2D eigenvalue weighted by atomic mass is 9.90. The molecule has 26 heavy (non-hydrogen) atoms. The maximum absolute atomic E-state index is 12.1. The normalized spacial score (nSPS) is 14.0. The van der Waals surface area contributed by atoms with E-state index in [9.17, 15) is 4.79 Å². The highest BCUT2D eigenvalue weighted by Crippen LogP contribution is 2.27. The Morgan fingerprint density at radius 2 is 1.88 bits per heavy atom. The number of carbonyl (C=O) groups is 1. The number of nitrogens with two attached hydrogens (primary N) is 1. The van der Waals surface area contributed by atoms with Crippen molar-refractivity contribution in [2.24, 2.45) is 11.7 Å². The number of pyridine rings is 1. The van der Waals surface area contributed by atoms with Gasteiger partial charge in [0.2, 0.25) is 5.91 Å². The van der Waals surface area contributed by atoms with Gasteiger partial charge in [0.25, 0.3) is 0 Å². The summed E-state index contributed by atoms with van der Waals surface area (Å²) in [6, 6.07) is 3.73. The molecule has 1 aromatic rings. The Bertz CT molecular complexity index is 497. The molecule has 1 aromatic heterocycles. The van der Waals surface area contributed by atoms with E-state index in [1.165, 1.54) is 32.1 Å². The number of halogens is 2. The first-order valence-electron chi connectivity index (χ1n) is 9.37. The Hall–Kier alpha value is -1.04. The quantitative estimate of drug-likeness (QED) is 0.551. The maximum Gasteiger partial charge on any atom is 0.225 e. The first-order chi connectivity index (χ1) is 11.8. The molecular weight excluding hydrogens is 373 g/mol. The summed E-state index contributed by atoms with van der Waals surface area (Å²) in [7, 11) is 0. The van der Waals surface area contributed by atoms with E-state index < -0.39 is 0 Å². The highest BCUT2D eigenvalue weighted by atomic mass is 35.5. The van der Waals surface area contributed by atoms with Crippen LogP contribution in [0, 0.1) is 5.92 Å². The molecule has 0 saturated heterocycles. The van der Waals surface area contributed by atoms with Crippen molar-refractivity contribution in [1.82, 2.24) is 4.98 Å². The van der Waals surface area contributed by atoms with Crippen molar-refractivity contribution >= 4 is 36.5 Å². The van der Waals surface area contributed by atoms with Gasteiger partial charge in [-0.1, -0.05) is 32.1 Å². The molecule has 1 fully saturated rings. The Labute approximate surface area is 169 Å². The van der Waals surface area contributed by atoms with Crippen molar-refractivity contribution in [3.05, 3.63) is 18.3 Å². The number of nitrogens with zero attached hydrogens (tertiary/aromatic N) is 1. The first kappa shape index (κ1) is 25.0. The highest BCUT2D eigenvalue weighted by molar-refractivity contribution is 5.91. The summed E-state index contributed by atoms with van der Waals surface area (Å²) in [5.74, 6) is 1.86. The number of ether oxygens (including phenoxy) is 1. The van der Waals surface area contributed by atoms with Gasteiger partial charge in [-0.3, -0.25) is 4.79 Å². The van der Waals surface area contributed by atoms with Gasteiger partial charge in [0.1, 0.15) is 0 Å². The summed E-state index contributed by atoms with van der Waals surface area (Å²) in [5.41, 5.74) is 5.47. The summed E-state index contributed by atoms with van der Waals surface area (Å²) in [4.78, 5) is 16.3. The topological polar surface area (TPSA) is 77.2 Å². The van der Waals surface area contributed by atoms with Gasteiger partial charge in [0.15, 0.2) is 11.6 Å². The SMILES string of the molecule is Cl.Cl.NCCCCCCC(=O)Nc1ncccc1OCC1CCCCC1. The molecule has 1 amide bonds. The number of hydrogen-bond donors (Lipinski definition) is 2. The molecule has 1 heterocycles. The molecule has 1 aliphatic rings. The Balaban J connectivity index is 0.00000312. The fraction of sp³-hybridized carbons (Fsp3) is 0.684. The zero-order valence-electron chi connectivity index (χ0n) is 15.5. The van der Waals surface area contributed by atoms with E-state index >= 15 is 0 Å². The predicted molar refractivity (Wildman–Crippen MR) is 112 cm³/mol. The summed E-state index contributed by atoms with van der Waals surface area (Å²) >= 11 is 0. The molecule has 1 saturated carbocycles. The monoisotopic (exact) mass is 405 g/mol.